The Bertz CT molecular complexity index is 1110. The third-order valence-electron chi connectivity index (χ3n) is 7.43. The molecule has 3 aliphatic rings. The first-order chi connectivity index (χ1) is 16.8. The number of likely N-dealkylation sites (tertiary alicyclic amines) is 1. The Labute approximate surface area is 206 Å². The van der Waals surface area contributed by atoms with E-state index in [1.807, 2.05) is 17.5 Å². The third kappa shape index (κ3) is 4.68. The summed E-state index contributed by atoms with van der Waals surface area (Å²) in [6, 6.07) is 1.80. The lowest BCUT2D eigenvalue weighted by atomic mass is 9.81. The first-order valence-corrected chi connectivity index (χ1v) is 11.8. The fourth-order valence-electron chi connectivity index (χ4n) is 5.77. The molecule has 1 saturated heterocycles. The molecule has 2 N–H and O–H groups in total. The molecule has 2 heterocycles. The smallest absolute Gasteiger partial charge is 0.336 e. The lowest BCUT2D eigenvalue weighted by Gasteiger charge is -2.37. The van der Waals surface area contributed by atoms with Crippen LogP contribution in [0.1, 0.15) is 38.8 Å². The van der Waals surface area contributed by atoms with Crippen LogP contribution in [0.2, 0.25) is 0 Å². The number of nitriles is 1. The molecule has 2 aliphatic carbocycles. The quantitative estimate of drug-likeness (QED) is 0.600. The Morgan fingerprint density at radius 2 is 1.86 bits per heavy atom. The Morgan fingerprint density at radius 1 is 1.17 bits per heavy atom. The maximum absolute atomic E-state index is 13.7. The van der Waals surface area contributed by atoms with Gasteiger partial charge in [-0.1, -0.05) is 39.0 Å². The Morgan fingerprint density at radius 3 is 2.44 bits per heavy atom. The van der Waals surface area contributed by atoms with E-state index < -0.39 is 47.4 Å². The minimum absolute atomic E-state index is 0.0300. The van der Waals surface area contributed by atoms with Crippen LogP contribution in [0.5, 0.6) is 0 Å². The molecule has 4 rings (SSSR count). The van der Waals surface area contributed by atoms with Gasteiger partial charge in [0.05, 0.1) is 6.07 Å². The summed E-state index contributed by atoms with van der Waals surface area (Å²) in [6.07, 6.45) is 2.76. The van der Waals surface area contributed by atoms with Crippen LogP contribution in [-0.2, 0) is 14.4 Å². The molecule has 2 bridgehead atoms. The number of nitrogens with one attached hydrogen (secondary N) is 2. The van der Waals surface area contributed by atoms with Gasteiger partial charge in [-0.2, -0.15) is 18.4 Å². The normalized spacial score (nSPS) is 28.2. The van der Waals surface area contributed by atoms with Crippen molar-refractivity contribution in [2.45, 2.75) is 51.5 Å². The van der Waals surface area contributed by atoms with Gasteiger partial charge in [-0.05, 0) is 41.6 Å². The monoisotopic (exact) mass is 503 g/mol. The number of nitrogens with zero attached hydrogens (tertiary/aromatic N) is 3. The van der Waals surface area contributed by atoms with Gasteiger partial charge in [0, 0.05) is 24.5 Å². The van der Waals surface area contributed by atoms with Crippen LogP contribution in [0.15, 0.2) is 36.7 Å². The van der Waals surface area contributed by atoms with Gasteiger partial charge in [0.15, 0.2) is 0 Å². The molecule has 2 fully saturated rings. The highest BCUT2D eigenvalue weighted by Crippen LogP contribution is 2.54. The lowest BCUT2D eigenvalue weighted by Crippen LogP contribution is -2.60. The summed E-state index contributed by atoms with van der Waals surface area (Å²) in [5.74, 6) is -3.56. The fourth-order valence-corrected chi connectivity index (χ4v) is 5.77. The van der Waals surface area contributed by atoms with Crippen LogP contribution < -0.4 is 10.6 Å². The highest BCUT2D eigenvalue weighted by Gasteiger charge is 2.59. The van der Waals surface area contributed by atoms with Gasteiger partial charge >= 0.3 is 12.1 Å². The van der Waals surface area contributed by atoms with Crippen molar-refractivity contribution in [2.75, 3.05) is 6.54 Å². The summed E-state index contributed by atoms with van der Waals surface area (Å²) in [6.45, 7) is 4.85. The van der Waals surface area contributed by atoms with E-state index in [-0.39, 0.29) is 30.2 Å². The number of carbonyl (C=O) groups excluding carboxylic acids is 3. The van der Waals surface area contributed by atoms with Crippen LogP contribution in [0, 0.1) is 40.4 Å². The average Bonchev–Trinajstić information content (AvgIpc) is 3.52. The van der Waals surface area contributed by atoms with Crippen LogP contribution in [0.3, 0.4) is 0 Å². The minimum Gasteiger partial charge on any atom is -0.336 e. The van der Waals surface area contributed by atoms with Crippen molar-refractivity contribution in [2.24, 2.45) is 29.1 Å². The number of pyridine rings is 1. The predicted octanol–water partition coefficient (Wildman–Crippen LogP) is 2.50. The van der Waals surface area contributed by atoms with Gasteiger partial charge in [-0.3, -0.25) is 19.4 Å². The second kappa shape index (κ2) is 9.22. The average molecular weight is 504 g/mol. The van der Waals surface area contributed by atoms with Gasteiger partial charge in [-0.25, -0.2) is 0 Å². The molecule has 1 aromatic rings. The summed E-state index contributed by atoms with van der Waals surface area (Å²) < 4.78 is 39.1. The van der Waals surface area contributed by atoms with Crippen LogP contribution >= 0.6 is 0 Å². The van der Waals surface area contributed by atoms with E-state index in [4.69, 9.17) is 0 Å². The lowest BCUT2D eigenvalue weighted by molar-refractivity contribution is -0.176. The molecule has 8 nitrogen and oxygen atoms in total. The summed E-state index contributed by atoms with van der Waals surface area (Å²) in [4.78, 5) is 44.4. The molecule has 1 saturated carbocycles. The minimum atomic E-state index is -5.16. The van der Waals surface area contributed by atoms with Crippen molar-refractivity contribution >= 4 is 17.7 Å². The van der Waals surface area contributed by atoms with E-state index in [1.165, 1.54) is 17.3 Å². The maximum Gasteiger partial charge on any atom is 0.471 e. The number of amides is 3. The van der Waals surface area contributed by atoms with E-state index in [0.29, 0.717) is 5.56 Å². The Balaban J connectivity index is 1.64. The van der Waals surface area contributed by atoms with Gasteiger partial charge in [0.1, 0.15) is 18.1 Å². The Hall–Kier alpha value is -3.42. The highest BCUT2D eigenvalue weighted by atomic mass is 19.4. The van der Waals surface area contributed by atoms with Gasteiger partial charge in [-0.15, -0.1) is 0 Å². The van der Waals surface area contributed by atoms with E-state index in [1.54, 1.807) is 32.9 Å². The molecule has 1 aliphatic heterocycles. The van der Waals surface area contributed by atoms with Crippen molar-refractivity contribution in [1.29, 1.82) is 5.26 Å². The molecule has 192 valence electrons. The topological polar surface area (TPSA) is 115 Å². The van der Waals surface area contributed by atoms with Gasteiger partial charge < -0.3 is 15.5 Å². The van der Waals surface area contributed by atoms with Crippen LogP contribution in [0.25, 0.3) is 0 Å². The molecule has 0 aromatic carbocycles. The molecule has 7 unspecified atom stereocenters. The molecule has 0 spiro atoms. The van der Waals surface area contributed by atoms with E-state index in [9.17, 15) is 32.8 Å². The third-order valence-corrected chi connectivity index (χ3v) is 7.43. The molecular weight excluding hydrogens is 475 g/mol. The zero-order chi connectivity index (χ0) is 26.4. The molecule has 7 atom stereocenters. The summed E-state index contributed by atoms with van der Waals surface area (Å²) >= 11 is 0. The first kappa shape index (κ1) is 25.7. The SMILES string of the molecule is CC(C)(C)C(NC(=O)C(F)(F)F)C(=O)N1CC2C3C=CC(C3)C2C1C(=O)NC(C#N)c1cccnc1. The number of alkyl halides is 3. The number of hydrogen-bond donors (Lipinski definition) is 2. The Kier molecular flexibility index (Phi) is 6.58. The zero-order valence-corrected chi connectivity index (χ0v) is 20.1. The van der Waals surface area contributed by atoms with Crippen molar-refractivity contribution in [3.8, 4) is 6.07 Å². The summed E-state index contributed by atoms with van der Waals surface area (Å²) in [5.41, 5.74) is -0.586. The number of halogens is 3. The molecule has 36 heavy (non-hydrogen) atoms. The van der Waals surface area contributed by atoms with Crippen molar-refractivity contribution < 1.29 is 27.6 Å². The molecule has 3 amide bonds. The number of hydrogen-bond acceptors (Lipinski definition) is 5. The van der Waals surface area contributed by atoms with Crippen LogP contribution in [0.4, 0.5) is 13.2 Å². The van der Waals surface area contributed by atoms with E-state index in [2.05, 4.69) is 16.4 Å². The standard InChI is InChI=1S/C25H28F3N5O3/c1-24(2,3)20(32-23(36)25(26,27)28)22(35)33-12-16-13-6-7-14(9-13)18(16)19(33)21(34)31-17(10-29)15-5-4-8-30-11-15/h4-8,11,13-14,16-20H,9,12H2,1-3H3,(H,31,34)(H,32,36). The number of allylic oxidation sites excluding steroid dienone is 2. The van der Waals surface area contributed by atoms with Gasteiger partial charge in [0.25, 0.3) is 0 Å². The first-order valence-electron chi connectivity index (χ1n) is 11.8. The number of rotatable bonds is 5. The van der Waals surface area contributed by atoms with E-state index >= 15 is 0 Å². The van der Waals surface area contributed by atoms with E-state index in [0.717, 1.165) is 6.42 Å². The molecular formula is C25H28F3N5O3. The second-order valence-corrected chi connectivity index (χ2v) is 10.8. The fraction of sp³-hybridized carbons (Fsp3) is 0.560. The predicted molar refractivity (Wildman–Crippen MR) is 121 cm³/mol. The maximum atomic E-state index is 13.7. The van der Waals surface area contributed by atoms with Crippen LogP contribution in [-0.4, -0.2) is 52.4 Å². The van der Waals surface area contributed by atoms with Gasteiger partial charge in [0.2, 0.25) is 11.8 Å². The molecule has 11 heteroatoms. The number of carbonyl (C=O) groups is 3. The second-order valence-electron chi connectivity index (χ2n) is 10.8. The van der Waals surface area contributed by atoms with Crippen molar-refractivity contribution in [3.05, 3.63) is 42.2 Å². The number of fused-ring (bicyclic) bond motifs is 5. The van der Waals surface area contributed by atoms with Crippen molar-refractivity contribution in [3.63, 3.8) is 0 Å². The zero-order valence-electron chi connectivity index (χ0n) is 20.1. The highest BCUT2D eigenvalue weighted by molar-refractivity contribution is 5.94. The summed E-state index contributed by atoms with van der Waals surface area (Å²) in [7, 11) is 0. The largest absolute Gasteiger partial charge is 0.471 e. The molecule has 1 aromatic heterocycles. The summed E-state index contributed by atoms with van der Waals surface area (Å²) in [5, 5.41) is 14.2. The number of aromatic nitrogens is 1. The van der Waals surface area contributed by atoms with Crippen molar-refractivity contribution in [1.82, 2.24) is 20.5 Å². The molecule has 0 radical (unpaired) electrons.